The molecule has 1 heterocycles. The average Bonchev–Trinajstić information content (AvgIpc) is 3.02. The first-order valence-corrected chi connectivity index (χ1v) is 7.45. The average molecular weight is 303 g/mol. The summed E-state index contributed by atoms with van der Waals surface area (Å²) in [5.74, 6) is 0.158. The van der Waals surface area contributed by atoms with Crippen molar-refractivity contribution in [3.63, 3.8) is 0 Å². The zero-order valence-corrected chi connectivity index (χ0v) is 12.8. The lowest BCUT2D eigenvalue weighted by atomic mass is 10.1. The highest BCUT2D eigenvalue weighted by atomic mass is 32.1. The summed E-state index contributed by atoms with van der Waals surface area (Å²) in [5, 5.41) is 5.51. The minimum Gasteiger partial charge on any atom is -0.341 e. The number of thiazole rings is 1. The van der Waals surface area contributed by atoms with E-state index < -0.39 is 0 Å². The van der Waals surface area contributed by atoms with Gasteiger partial charge in [-0.3, -0.25) is 9.59 Å². The molecule has 0 saturated carbocycles. The van der Waals surface area contributed by atoms with Gasteiger partial charge in [0.15, 0.2) is 0 Å². The molecule has 0 fully saturated rings. The number of nitrogens with one attached hydrogen (secondary N) is 1. The van der Waals surface area contributed by atoms with E-state index in [-0.39, 0.29) is 11.8 Å². The maximum Gasteiger partial charge on any atom is 0.253 e. The Hall–Kier alpha value is -2.21. The first-order chi connectivity index (χ1) is 10.1. The van der Waals surface area contributed by atoms with Gasteiger partial charge in [-0.2, -0.15) is 0 Å². The molecular formula is C15H17N3O2S. The first-order valence-electron chi connectivity index (χ1n) is 6.57. The van der Waals surface area contributed by atoms with Crippen LogP contribution in [-0.4, -0.2) is 35.8 Å². The van der Waals surface area contributed by atoms with Crippen LogP contribution in [0.4, 0.5) is 5.69 Å². The monoisotopic (exact) mass is 303 g/mol. The van der Waals surface area contributed by atoms with E-state index in [2.05, 4.69) is 17.2 Å². The van der Waals surface area contributed by atoms with Crippen molar-refractivity contribution < 1.29 is 9.59 Å². The largest absolute Gasteiger partial charge is 0.341 e. The normalized spacial score (nSPS) is 11.7. The van der Waals surface area contributed by atoms with Gasteiger partial charge >= 0.3 is 0 Å². The van der Waals surface area contributed by atoms with Crippen LogP contribution in [-0.2, 0) is 4.79 Å². The molecule has 0 radical (unpaired) electrons. The summed E-state index contributed by atoms with van der Waals surface area (Å²) in [4.78, 5) is 28.6. The number of anilines is 1. The van der Waals surface area contributed by atoms with Gasteiger partial charge in [0.05, 0.1) is 5.01 Å². The van der Waals surface area contributed by atoms with Crippen LogP contribution in [0.25, 0.3) is 0 Å². The van der Waals surface area contributed by atoms with E-state index in [9.17, 15) is 9.59 Å². The van der Waals surface area contributed by atoms with E-state index in [0.29, 0.717) is 24.2 Å². The number of carbonyl (C=O) groups excluding carboxylic acids is 2. The predicted octanol–water partition coefficient (Wildman–Crippen LogP) is 2.59. The maximum atomic E-state index is 12.3. The number of benzene rings is 1. The Labute approximate surface area is 127 Å². The summed E-state index contributed by atoms with van der Waals surface area (Å²) in [6.45, 7) is 2.67. The summed E-state index contributed by atoms with van der Waals surface area (Å²) in [6, 6.07) is 6.83. The molecule has 1 aromatic heterocycles. The first kappa shape index (κ1) is 15.2. The smallest absolute Gasteiger partial charge is 0.253 e. The van der Waals surface area contributed by atoms with E-state index in [1.807, 2.05) is 5.38 Å². The second kappa shape index (κ2) is 6.99. The highest BCUT2D eigenvalue weighted by Gasteiger charge is 2.16. The molecule has 1 unspecified atom stereocenters. The number of aromatic nitrogens is 1. The molecule has 0 saturated heterocycles. The van der Waals surface area contributed by atoms with Crippen molar-refractivity contribution in [2.45, 2.75) is 12.8 Å². The SMILES string of the molecule is CC(CN(C)C(=O)c1ccc(NC=O)cc1)c1nccs1. The minimum absolute atomic E-state index is 0.0453. The van der Waals surface area contributed by atoms with Crippen LogP contribution < -0.4 is 5.32 Å². The number of hydrogen-bond acceptors (Lipinski definition) is 4. The summed E-state index contributed by atoms with van der Waals surface area (Å²) < 4.78 is 0. The van der Waals surface area contributed by atoms with Crippen molar-refractivity contribution in [3.05, 3.63) is 46.4 Å². The number of hydrogen-bond donors (Lipinski definition) is 1. The molecule has 110 valence electrons. The van der Waals surface area contributed by atoms with Crippen molar-refractivity contribution >= 4 is 29.3 Å². The van der Waals surface area contributed by atoms with Gasteiger partial charge in [0, 0.05) is 42.3 Å². The molecule has 21 heavy (non-hydrogen) atoms. The van der Waals surface area contributed by atoms with E-state index in [1.165, 1.54) is 0 Å². The Morgan fingerprint density at radius 3 is 2.71 bits per heavy atom. The minimum atomic E-state index is -0.0453. The third-order valence-electron chi connectivity index (χ3n) is 3.12. The summed E-state index contributed by atoms with van der Waals surface area (Å²) in [7, 11) is 1.78. The van der Waals surface area contributed by atoms with Gasteiger partial charge in [-0.15, -0.1) is 11.3 Å². The number of amides is 2. The molecule has 1 aromatic carbocycles. The molecular weight excluding hydrogens is 286 g/mol. The van der Waals surface area contributed by atoms with Crippen molar-refractivity contribution in [1.82, 2.24) is 9.88 Å². The van der Waals surface area contributed by atoms with Crippen LogP contribution >= 0.6 is 11.3 Å². The zero-order chi connectivity index (χ0) is 15.2. The van der Waals surface area contributed by atoms with Gasteiger partial charge in [-0.1, -0.05) is 6.92 Å². The summed E-state index contributed by atoms with van der Waals surface area (Å²) >= 11 is 1.60. The molecule has 2 amide bonds. The molecule has 0 bridgehead atoms. The summed E-state index contributed by atoms with van der Waals surface area (Å²) in [6.07, 6.45) is 2.38. The lowest BCUT2D eigenvalue weighted by Gasteiger charge is -2.20. The number of likely N-dealkylation sites (N-methyl/N-ethyl adjacent to an activating group) is 1. The highest BCUT2D eigenvalue weighted by Crippen LogP contribution is 2.19. The fourth-order valence-corrected chi connectivity index (χ4v) is 2.74. The molecule has 0 aliphatic rings. The standard InChI is InChI=1S/C15H17N3O2S/c1-11(14-16-7-8-21-14)9-18(2)15(20)12-3-5-13(6-4-12)17-10-19/h3-8,10-11H,9H2,1-2H3,(H,17,19). The third-order valence-corrected chi connectivity index (χ3v) is 4.13. The molecule has 1 N–H and O–H groups in total. The van der Waals surface area contributed by atoms with Gasteiger partial charge in [-0.05, 0) is 24.3 Å². The van der Waals surface area contributed by atoms with Crippen molar-refractivity contribution in [2.75, 3.05) is 18.9 Å². The van der Waals surface area contributed by atoms with Crippen LogP contribution in [0.15, 0.2) is 35.8 Å². The van der Waals surface area contributed by atoms with E-state index >= 15 is 0 Å². The zero-order valence-electron chi connectivity index (χ0n) is 11.9. The predicted molar refractivity (Wildman–Crippen MR) is 83.6 cm³/mol. The Bertz CT molecular complexity index is 596. The highest BCUT2D eigenvalue weighted by molar-refractivity contribution is 7.09. The van der Waals surface area contributed by atoms with Crippen LogP contribution in [0.1, 0.15) is 28.2 Å². The summed E-state index contributed by atoms with van der Waals surface area (Å²) in [5.41, 5.74) is 1.26. The van der Waals surface area contributed by atoms with Gasteiger partial charge in [-0.25, -0.2) is 4.98 Å². The lowest BCUT2D eigenvalue weighted by Crippen LogP contribution is -2.30. The van der Waals surface area contributed by atoms with Crippen molar-refractivity contribution in [3.8, 4) is 0 Å². The lowest BCUT2D eigenvalue weighted by molar-refractivity contribution is -0.105. The van der Waals surface area contributed by atoms with Crippen LogP contribution in [0.3, 0.4) is 0 Å². The van der Waals surface area contributed by atoms with Gasteiger partial charge in [0.25, 0.3) is 5.91 Å². The van der Waals surface area contributed by atoms with Gasteiger partial charge in [0.2, 0.25) is 6.41 Å². The Morgan fingerprint density at radius 1 is 1.43 bits per heavy atom. The molecule has 5 nitrogen and oxygen atoms in total. The fraction of sp³-hybridized carbons (Fsp3) is 0.267. The second-order valence-electron chi connectivity index (χ2n) is 4.80. The molecule has 0 aliphatic carbocycles. The van der Waals surface area contributed by atoms with Gasteiger partial charge in [0.1, 0.15) is 0 Å². The molecule has 6 heteroatoms. The Balaban J connectivity index is 2.00. The van der Waals surface area contributed by atoms with E-state index in [4.69, 9.17) is 0 Å². The quantitative estimate of drug-likeness (QED) is 0.834. The molecule has 2 rings (SSSR count). The molecule has 2 aromatic rings. The molecule has 0 aliphatic heterocycles. The maximum absolute atomic E-state index is 12.3. The Kier molecular flexibility index (Phi) is 5.05. The van der Waals surface area contributed by atoms with Crippen LogP contribution in [0, 0.1) is 0 Å². The Morgan fingerprint density at radius 2 is 2.14 bits per heavy atom. The van der Waals surface area contributed by atoms with E-state index in [1.54, 1.807) is 53.7 Å². The second-order valence-corrected chi connectivity index (χ2v) is 5.72. The van der Waals surface area contributed by atoms with Crippen LogP contribution in [0.5, 0.6) is 0 Å². The fourth-order valence-electron chi connectivity index (χ4n) is 2.05. The van der Waals surface area contributed by atoms with Gasteiger partial charge < -0.3 is 10.2 Å². The number of carbonyl (C=O) groups is 2. The number of nitrogens with zero attached hydrogens (tertiary/aromatic N) is 2. The van der Waals surface area contributed by atoms with Crippen molar-refractivity contribution in [2.24, 2.45) is 0 Å². The number of rotatable bonds is 6. The van der Waals surface area contributed by atoms with Crippen LogP contribution in [0.2, 0.25) is 0 Å². The molecule has 1 atom stereocenters. The topological polar surface area (TPSA) is 62.3 Å². The third kappa shape index (κ3) is 3.88. The molecule has 0 spiro atoms. The van der Waals surface area contributed by atoms with Crippen molar-refractivity contribution in [1.29, 1.82) is 0 Å². The van der Waals surface area contributed by atoms with E-state index in [0.717, 1.165) is 5.01 Å².